The van der Waals surface area contributed by atoms with Crippen LogP contribution in [0.1, 0.15) is 25.0 Å². The quantitative estimate of drug-likeness (QED) is 0.568. The molecule has 1 N–H and O–H groups in total. The predicted octanol–water partition coefficient (Wildman–Crippen LogP) is 3.93. The zero-order chi connectivity index (χ0) is 23.2. The van der Waals surface area contributed by atoms with Crippen molar-refractivity contribution in [1.82, 2.24) is 14.7 Å². The van der Waals surface area contributed by atoms with Gasteiger partial charge in [0, 0.05) is 42.6 Å². The number of benzene rings is 1. The monoisotopic (exact) mass is 487 g/mol. The van der Waals surface area contributed by atoms with Crippen LogP contribution in [0.5, 0.6) is 0 Å². The van der Waals surface area contributed by atoms with Crippen molar-refractivity contribution in [2.24, 2.45) is 0 Å². The van der Waals surface area contributed by atoms with Gasteiger partial charge in [-0.2, -0.15) is 0 Å². The van der Waals surface area contributed by atoms with E-state index in [0.29, 0.717) is 41.7 Å². The summed E-state index contributed by atoms with van der Waals surface area (Å²) in [5, 5.41) is 0.374. The summed E-state index contributed by atoms with van der Waals surface area (Å²) >= 11 is 1.02. The highest BCUT2D eigenvalue weighted by Gasteiger charge is 2.34. The van der Waals surface area contributed by atoms with Crippen LogP contribution in [0.2, 0.25) is 0 Å². The van der Waals surface area contributed by atoms with E-state index in [1.165, 1.54) is 23.2 Å². The largest absolute Gasteiger partial charge is 0.330 e. The number of amides is 2. The van der Waals surface area contributed by atoms with Crippen LogP contribution in [0.15, 0.2) is 46.8 Å². The molecule has 8 nitrogen and oxygen atoms in total. The van der Waals surface area contributed by atoms with Gasteiger partial charge in [0.1, 0.15) is 5.82 Å². The van der Waals surface area contributed by atoms with Crippen LogP contribution in [0.25, 0.3) is 11.3 Å². The highest BCUT2D eigenvalue weighted by Crippen LogP contribution is 2.34. The second kappa shape index (κ2) is 8.47. The lowest BCUT2D eigenvalue weighted by atomic mass is 10.1. The van der Waals surface area contributed by atoms with Crippen LogP contribution in [0.3, 0.4) is 0 Å². The van der Waals surface area contributed by atoms with Crippen LogP contribution in [0, 0.1) is 12.7 Å². The number of carbonyl (C=O) groups is 1. The first kappa shape index (κ1) is 21.9. The van der Waals surface area contributed by atoms with Crippen LogP contribution >= 0.6 is 11.3 Å². The lowest BCUT2D eigenvalue weighted by molar-refractivity contribution is 0.248. The molecular weight excluding hydrogens is 465 g/mol. The Hall–Kier alpha value is -2.89. The SMILES string of the molecule is Cc1nc(N2CCCN(c3ccc(-c4cc(F)ccn4)cc3)C2=O)sc1S(=O)(=O)NC1CC1. The van der Waals surface area contributed by atoms with Gasteiger partial charge in [-0.15, -0.1) is 0 Å². The number of pyridine rings is 1. The predicted molar refractivity (Wildman–Crippen MR) is 125 cm³/mol. The summed E-state index contributed by atoms with van der Waals surface area (Å²) in [6.07, 6.45) is 3.81. The number of aryl methyl sites for hydroxylation is 1. The van der Waals surface area contributed by atoms with E-state index in [1.807, 2.05) is 0 Å². The lowest BCUT2D eigenvalue weighted by Gasteiger charge is -2.34. The van der Waals surface area contributed by atoms with Gasteiger partial charge in [-0.25, -0.2) is 27.3 Å². The Balaban J connectivity index is 1.37. The number of carbonyl (C=O) groups excluding carboxylic acids is 1. The van der Waals surface area contributed by atoms with E-state index in [0.717, 1.165) is 29.7 Å². The molecule has 3 heterocycles. The molecular formula is C22H22FN5O3S2. The molecule has 11 heteroatoms. The molecule has 2 aromatic heterocycles. The van der Waals surface area contributed by atoms with Crippen molar-refractivity contribution in [3.63, 3.8) is 0 Å². The maximum atomic E-state index is 13.5. The molecule has 0 spiro atoms. The molecule has 0 radical (unpaired) electrons. The molecule has 0 bridgehead atoms. The van der Waals surface area contributed by atoms with Gasteiger partial charge >= 0.3 is 6.03 Å². The van der Waals surface area contributed by atoms with Crippen molar-refractivity contribution in [1.29, 1.82) is 0 Å². The van der Waals surface area contributed by atoms with Gasteiger partial charge in [0.15, 0.2) is 9.34 Å². The summed E-state index contributed by atoms with van der Waals surface area (Å²) in [6, 6.07) is 9.58. The van der Waals surface area contributed by atoms with Gasteiger partial charge in [-0.3, -0.25) is 14.8 Å². The first-order valence-electron chi connectivity index (χ1n) is 10.6. The van der Waals surface area contributed by atoms with Gasteiger partial charge in [0.25, 0.3) is 10.0 Å². The molecule has 1 aliphatic carbocycles. The Morgan fingerprint density at radius 2 is 1.85 bits per heavy atom. The summed E-state index contributed by atoms with van der Waals surface area (Å²) in [4.78, 5) is 25.0. The Labute approximate surface area is 195 Å². The van der Waals surface area contributed by atoms with E-state index in [4.69, 9.17) is 0 Å². The van der Waals surface area contributed by atoms with Crippen molar-refractivity contribution in [3.8, 4) is 11.3 Å². The molecule has 2 amide bonds. The highest BCUT2D eigenvalue weighted by atomic mass is 32.2. The topological polar surface area (TPSA) is 95.5 Å². The fourth-order valence-corrected chi connectivity index (χ4v) is 6.57. The molecule has 2 aliphatic rings. The number of thiazole rings is 1. The Morgan fingerprint density at radius 1 is 1.12 bits per heavy atom. The molecule has 1 saturated heterocycles. The number of nitrogens with one attached hydrogen (secondary N) is 1. The molecule has 2 fully saturated rings. The number of rotatable bonds is 6. The van der Waals surface area contributed by atoms with Crippen LogP contribution in [-0.2, 0) is 10.0 Å². The average Bonchev–Trinajstić information content (AvgIpc) is 3.51. The smallest absolute Gasteiger partial charge is 0.294 e. The normalized spacial score (nSPS) is 17.0. The maximum Gasteiger partial charge on any atom is 0.330 e. The number of aromatic nitrogens is 2. The van der Waals surface area contributed by atoms with Crippen molar-refractivity contribution in [2.75, 3.05) is 22.9 Å². The van der Waals surface area contributed by atoms with Gasteiger partial charge in [-0.1, -0.05) is 23.5 Å². The Morgan fingerprint density at radius 3 is 2.55 bits per heavy atom. The minimum Gasteiger partial charge on any atom is -0.294 e. The number of urea groups is 1. The summed E-state index contributed by atoms with van der Waals surface area (Å²) in [5.74, 6) is -0.363. The number of hydrogen-bond acceptors (Lipinski definition) is 6. The van der Waals surface area contributed by atoms with Gasteiger partial charge < -0.3 is 0 Å². The highest BCUT2D eigenvalue weighted by molar-refractivity contribution is 7.91. The fourth-order valence-electron chi connectivity index (χ4n) is 3.72. The number of sulfonamides is 1. The summed E-state index contributed by atoms with van der Waals surface area (Å²) in [7, 11) is -3.64. The third kappa shape index (κ3) is 4.48. The number of halogens is 1. The first-order valence-corrected chi connectivity index (χ1v) is 12.9. The van der Waals surface area contributed by atoms with Crippen molar-refractivity contribution in [2.45, 2.75) is 36.4 Å². The standard InChI is InChI=1S/C22H22FN5O3S2/c1-14-20(33(30,31)26-17-5-6-17)32-21(25-14)28-12-2-11-27(22(28)29)18-7-3-15(4-8-18)19-13-16(23)9-10-24-19/h3-4,7-10,13,17,26H,2,5-6,11-12H2,1H3. The van der Waals surface area contributed by atoms with E-state index in [1.54, 1.807) is 36.1 Å². The molecule has 1 aliphatic heterocycles. The molecule has 5 rings (SSSR count). The van der Waals surface area contributed by atoms with Crippen LogP contribution in [-0.4, -0.2) is 43.5 Å². The average molecular weight is 488 g/mol. The Kier molecular flexibility index (Phi) is 5.63. The van der Waals surface area contributed by atoms with Crippen molar-refractivity contribution in [3.05, 3.63) is 54.1 Å². The minimum atomic E-state index is -3.64. The molecule has 0 unspecified atom stereocenters. The van der Waals surface area contributed by atoms with E-state index in [9.17, 15) is 17.6 Å². The second-order valence-corrected chi connectivity index (χ2v) is 11.0. The molecule has 3 aromatic rings. The summed E-state index contributed by atoms with van der Waals surface area (Å²) in [6.45, 7) is 2.64. The van der Waals surface area contributed by atoms with Gasteiger partial charge in [0.2, 0.25) is 0 Å². The van der Waals surface area contributed by atoms with Crippen molar-refractivity contribution >= 4 is 38.2 Å². The van der Waals surface area contributed by atoms with Crippen LogP contribution < -0.4 is 14.5 Å². The zero-order valence-electron chi connectivity index (χ0n) is 17.9. The zero-order valence-corrected chi connectivity index (χ0v) is 19.5. The molecule has 1 aromatic carbocycles. The fraction of sp³-hybridized carbons (Fsp3) is 0.318. The molecule has 33 heavy (non-hydrogen) atoms. The van der Waals surface area contributed by atoms with Crippen molar-refractivity contribution < 1.29 is 17.6 Å². The minimum absolute atomic E-state index is 0.00221. The second-order valence-electron chi connectivity index (χ2n) is 8.11. The number of nitrogens with zero attached hydrogens (tertiary/aromatic N) is 4. The van der Waals surface area contributed by atoms with E-state index < -0.39 is 10.0 Å². The molecule has 0 atom stereocenters. The Bertz CT molecular complexity index is 1310. The molecule has 172 valence electrons. The summed E-state index contributed by atoms with van der Waals surface area (Å²) < 4.78 is 41.6. The van der Waals surface area contributed by atoms with E-state index in [-0.39, 0.29) is 22.1 Å². The molecule has 1 saturated carbocycles. The number of hydrogen-bond donors (Lipinski definition) is 1. The maximum absolute atomic E-state index is 13.5. The third-order valence-electron chi connectivity index (χ3n) is 5.54. The number of anilines is 2. The van der Waals surface area contributed by atoms with E-state index in [2.05, 4.69) is 14.7 Å². The lowest BCUT2D eigenvalue weighted by Crippen LogP contribution is -2.49. The third-order valence-corrected chi connectivity index (χ3v) is 8.85. The van der Waals surface area contributed by atoms with Crippen LogP contribution in [0.4, 0.5) is 20.0 Å². The van der Waals surface area contributed by atoms with Gasteiger partial charge in [-0.05, 0) is 44.4 Å². The summed E-state index contributed by atoms with van der Waals surface area (Å²) in [5.41, 5.74) is 2.34. The first-order chi connectivity index (χ1) is 15.8. The van der Waals surface area contributed by atoms with E-state index >= 15 is 0 Å². The van der Waals surface area contributed by atoms with Gasteiger partial charge in [0.05, 0.1) is 11.4 Å².